The average Bonchev–Trinajstić information content (AvgIpc) is 2.29. The number of hydrogen-bond donors (Lipinski definition) is 1. The van der Waals surface area contributed by atoms with Crippen molar-refractivity contribution in [3.8, 4) is 0 Å². The monoisotopic (exact) mass is 249 g/mol. The third kappa shape index (κ3) is 5.65. The smallest absolute Gasteiger partial charge is 0.0667 e. The van der Waals surface area contributed by atoms with Crippen molar-refractivity contribution >= 4 is 0 Å². The van der Waals surface area contributed by atoms with Crippen LogP contribution in [0.4, 0.5) is 0 Å². The van der Waals surface area contributed by atoms with E-state index in [2.05, 4.69) is 49.9 Å². The lowest BCUT2D eigenvalue weighted by atomic mass is 10.1. The number of aliphatic hydroxyl groups excluding tert-OH is 1. The van der Waals surface area contributed by atoms with Gasteiger partial charge in [0.05, 0.1) is 6.10 Å². The largest absolute Gasteiger partial charge is 0.392 e. The van der Waals surface area contributed by atoms with Crippen molar-refractivity contribution in [1.29, 1.82) is 0 Å². The second-order valence-corrected chi connectivity index (χ2v) is 5.17. The Kier molecular flexibility index (Phi) is 6.99. The molecular formula is C16H27NO. The number of aryl methyl sites for hydroxylation is 1. The van der Waals surface area contributed by atoms with Gasteiger partial charge in [0.2, 0.25) is 0 Å². The summed E-state index contributed by atoms with van der Waals surface area (Å²) in [6, 6.07) is 8.63. The van der Waals surface area contributed by atoms with E-state index in [4.69, 9.17) is 0 Å². The summed E-state index contributed by atoms with van der Waals surface area (Å²) in [6.45, 7) is 9.21. The molecule has 0 saturated heterocycles. The second-order valence-electron chi connectivity index (χ2n) is 5.17. The van der Waals surface area contributed by atoms with Crippen LogP contribution in [-0.2, 0) is 6.54 Å². The second kappa shape index (κ2) is 8.28. The lowest BCUT2D eigenvalue weighted by Crippen LogP contribution is -2.32. The maximum Gasteiger partial charge on any atom is 0.0667 e. The zero-order chi connectivity index (χ0) is 13.4. The first-order valence-electron chi connectivity index (χ1n) is 7.11. The molecule has 102 valence electrons. The van der Waals surface area contributed by atoms with E-state index in [0.717, 1.165) is 38.9 Å². The third-order valence-corrected chi connectivity index (χ3v) is 3.12. The van der Waals surface area contributed by atoms with Gasteiger partial charge in [0, 0.05) is 13.1 Å². The van der Waals surface area contributed by atoms with Crippen LogP contribution in [0.15, 0.2) is 24.3 Å². The van der Waals surface area contributed by atoms with Crippen LogP contribution in [0.5, 0.6) is 0 Å². The maximum absolute atomic E-state index is 9.94. The number of hydrogen-bond acceptors (Lipinski definition) is 2. The standard InChI is InChI=1S/C16H27NO/c1-4-7-16(18)13-17(10-5-2)12-15-9-6-8-14(3)11-15/h6,8-9,11,16,18H,4-5,7,10,12-13H2,1-3H3/t16-/m1/s1. The Balaban J connectivity index is 2.56. The first-order chi connectivity index (χ1) is 8.65. The van der Waals surface area contributed by atoms with Crippen LogP contribution in [0.2, 0.25) is 0 Å². The molecule has 2 heteroatoms. The lowest BCUT2D eigenvalue weighted by molar-refractivity contribution is 0.101. The van der Waals surface area contributed by atoms with Gasteiger partial charge in [-0.2, -0.15) is 0 Å². The number of nitrogens with zero attached hydrogens (tertiary/aromatic N) is 1. The van der Waals surface area contributed by atoms with Crippen LogP contribution in [0, 0.1) is 6.92 Å². The van der Waals surface area contributed by atoms with Crippen LogP contribution in [0.3, 0.4) is 0 Å². The normalized spacial score (nSPS) is 12.9. The molecule has 0 spiro atoms. The zero-order valence-corrected chi connectivity index (χ0v) is 12.0. The molecule has 1 aromatic carbocycles. The van der Waals surface area contributed by atoms with Gasteiger partial charge >= 0.3 is 0 Å². The van der Waals surface area contributed by atoms with Gasteiger partial charge in [-0.05, 0) is 31.9 Å². The summed E-state index contributed by atoms with van der Waals surface area (Å²) >= 11 is 0. The highest BCUT2D eigenvalue weighted by Crippen LogP contribution is 2.10. The molecule has 2 nitrogen and oxygen atoms in total. The fraction of sp³-hybridized carbons (Fsp3) is 0.625. The molecule has 1 aromatic rings. The Labute approximate surface area is 112 Å². The minimum Gasteiger partial charge on any atom is -0.392 e. The van der Waals surface area contributed by atoms with Crippen LogP contribution in [-0.4, -0.2) is 29.2 Å². The Hall–Kier alpha value is -0.860. The summed E-state index contributed by atoms with van der Waals surface area (Å²) in [5.74, 6) is 0. The Bertz CT molecular complexity index is 338. The van der Waals surface area contributed by atoms with Gasteiger partial charge in [0.25, 0.3) is 0 Å². The number of aliphatic hydroxyl groups is 1. The van der Waals surface area contributed by atoms with Crippen molar-refractivity contribution in [2.45, 2.75) is 52.7 Å². The summed E-state index contributed by atoms with van der Waals surface area (Å²) in [7, 11) is 0. The minimum atomic E-state index is -0.189. The number of benzene rings is 1. The van der Waals surface area contributed by atoms with Gasteiger partial charge in [0.15, 0.2) is 0 Å². The van der Waals surface area contributed by atoms with E-state index >= 15 is 0 Å². The van der Waals surface area contributed by atoms with Crippen LogP contribution in [0.1, 0.15) is 44.2 Å². The molecule has 0 heterocycles. The molecule has 0 aliphatic rings. The SMILES string of the molecule is CCC[C@@H](O)CN(CCC)Cc1cccc(C)c1. The van der Waals surface area contributed by atoms with Crippen molar-refractivity contribution in [2.75, 3.05) is 13.1 Å². The van der Waals surface area contributed by atoms with Gasteiger partial charge < -0.3 is 5.11 Å². The van der Waals surface area contributed by atoms with Crippen molar-refractivity contribution in [1.82, 2.24) is 4.90 Å². The van der Waals surface area contributed by atoms with Gasteiger partial charge in [-0.25, -0.2) is 0 Å². The molecule has 18 heavy (non-hydrogen) atoms. The summed E-state index contributed by atoms with van der Waals surface area (Å²) in [6.07, 6.45) is 2.89. The van der Waals surface area contributed by atoms with E-state index in [-0.39, 0.29) is 6.10 Å². The average molecular weight is 249 g/mol. The van der Waals surface area contributed by atoms with Crippen molar-refractivity contribution in [3.05, 3.63) is 35.4 Å². The molecule has 1 atom stereocenters. The molecule has 0 saturated carbocycles. The van der Waals surface area contributed by atoms with E-state index in [9.17, 15) is 5.11 Å². The molecule has 1 rings (SSSR count). The summed E-state index contributed by atoms with van der Waals surface area (Å²) < 4.78 is 0. The Morgan fingerprint density at radius 1 is 1.22 bits per heavy atom. The topological polar surface area (TPSA) is 23.5 Å². The number of rotatable bonds is 8. The Morgan fingerprint density at radius 2 is 2.00 bits per heavy atom. The van der Waals surface area contributed by atoms with Crippen LogP contribution >= 0.6 is 0 Å². The molecule has 0 aliphatic carbocycles. The molecule has 0 amide bonds. The van der Waals surface area contributed by atoms with Crippen LogP contribution in [0.25, 0.3) is 0 Å². The van der Waals surface area contributed by atoms with Gasteiger partial charge in [0.1, 0.15) is 0 Å². The third-order valence-electron chi connectivity index (χ3n) is 3.12. The highest BCUT2D eigenvalue weighted by molar-refractivity contribution is 5.22. The molecule has 0 unspecified atom stereocenters. The van der Waals surface area contributed by atoms with Gasteiger partial charge in [-0.1, -0.05) is 50.1 Å². The predicted molar refractivity (Wildman–Crippen MR) is 77.7 cm³/mol. The predicted octanol–water partition coefficient (Wildman–Crippen LogP) is 3.37. The van der Waals surface area contributed by atoms with Crippen molar-refractivity contribution < 1.29 is 5.11 Å². The summed E-state index contributed by atoms with van der Waals surface area (Å²) in [4.78, 5) is 2.36. The quantitative estimate of drug-likeness (QED) is 0.763. The first-order valence-corrected chi connectivity index (χ1v) is 7.11. The van der Waals surface area contributed by atoms with E-state index < -0.39 is 0 Å². The summed E-state index contributed by atoms with van der Waals surface area (Å²) in [5.41, 5.74) is 2.64. The van der Waals surface area contributed by atoms with E-state index in [1.165, 1.54) is 11.1 Å². The fourth-order valence-electron chi connectivity index (χ4n) is 2.34. The van der Waals surface area contributed by atoms with Crippen molar-refractivity contribution in [2.24, 2.45) is 0 Å². The molecule has 1 N–H and O–H groups in total. The molecule has 0 bridgehead atoms. The van der Waals surface area contributed by atoms with Crippen LogP contribution < -0.4 is 0 Å². The van der Waals surface area contributed by atoms with E-state index in [0.29, 0.717) is 0 Å². The highest BCUT2D eigenvalue weighted by Gasteiger charge is 2.10. The molecule has 0 aromatic heterocycles. The zero-order valence-electron chi connectivity index (χ0n) is 12.0. The summed E-state index contributed by atoms with van der Waals surface area (Å²) in [5, 5.41) is 9.94. The molecular weight excluding hydrogens is 222 g/mol. The molecule has 0 aliphatic heterocycles. The van der Waals surface area contributed by atoms with Crippen molar-refractivity contribution in [3.63, 3.8) is 0 Å². The van der Waals surface area contributed by atoms with Gasteiger partial charge in [-0.15, -0.1) is 0 Å². The van der Waals surface area contributed by atoms with Gasteiger partial charge in [-0.3, -0.25) is 4.90 Å². The first kappa shape index (κ1) is 15.2. The molecule has 0 radical (unpaired) electrons. The maximum atomic E-state index is 9.94. The lowest BCUT2D eigenvalue weighted by Gasteiger charge is -2.24. The highest BCUT2D eigenvalue weighted by atomic mass is 16.3. The fourth-order valence-corrected chi connectivity index (χ4v) is 2.34. The Morgan fingerprint density at radius 3 is 2.61 bits per heavy atom. The minimum absolute atomic E-state index is 0.189. The van der Waals surface area contributed by atoms with E-state index in [1.54, 1.807) is 0 Å². The molecule has 0 fully saturated rings. The van der Waals surface area contributed by atoms with E-state index in [1.807, 2.05) is 0 Å².